The first-order valence-corrected chi connectivity index (χ1v) is 21.8. The minimum Gasteiger partial charge on any atom is -0.494 e. The van der Waals surface area contributed by atoms with E-state index in [9.17, 15) is 19.2 Å². The standard InChI is InChI=1S/C24H21Cl2N5O3.C23H19Cl2N5O3/c1-34-19-12-17(26)11-18(24(33)29-20-8-7-16(25)13-28-20)21(19)30-23(32)15-5-3-14(4-6-15)22(27)31-9-2-10-31;1-33-18-11-16(25)10-17(23(32)28-19-7-6-15(24)12-27-19)20(18)29-22(31)14-4-2-13(3-5-14)21(26)30-8-9-30/h3-8,11-13,27H,2,9-10H2,1H3,(H,30,32)(H,28,29,33);2-7,10-12,26H,8-9H2,1H3,(H,29,31)(H,27,28,32). The summed E-state index contributed by atoms with van der Waals surface area (Å²) in [5.74, 6) is -0.0801. The number of halogens is 4. The molecular weight excluding hydrogens is 942 g/mol. The van der Waals surface area contributed by atoms with E-state index in [-0.39, 0.29) is 55.7 Å². The zero-order valence-corrected chi connectivity index (χ0v) is 38.7. The van der Waals surface area contributed by atoms with Crippen molar-refractivity contribution in [1.82, 2.24) is 19.8 Å². The predicted molar refractivity (Wildman–Crippen MR) is 261 cm³/mol. The van der Waals surface area contributed by atoms with E-state index in [0.717, 1.165) is 43.7 Å². The van der Waals surface area contributed by atoms with E-state index < -0.39 is 23.6 Å². The van der Waals surface area contributed by atoms with Crippen molar-refractivity contribution in [1.29, 1.82) is 10.8 Å². The maximum absolute atomic E-state index is 13.0. The average Bonchev–Trinajstić information content (AvgIpc) is 4.17. The lowest BCUT2D eigenvalue weighted by Crippen LogP contribution is -2.42. The summed E-state index contributed by atoms with van der Waals surface area (Å²) in [5, 5.41) is 28.5. The largest absolute Gasteiger partial charge is 0.494 e. The van der Waals surface area contributed by atoms with Gasteiger partial charge in [-0.3, -0.25) is 30.0 Å². The molecule has 4 aromatic carbocycles. The maximum Gasteiger partial charge on any atom is 0.259 e. The van der Waals surface area contributed by atoms with Gasteiger partial charge >= 0.3 is 0 Å². The first kappa shape index (κ1) is 47.7. The van der Waals surface area contributed by atoms with Crippen LogP contribution in [-0.2, 0) is 0 Å². The van der Waals surface area contributed by atoms with Gasteiger partial charge in [0, 0.05) is 83.0 Å². The Balaban J connectivity index is 0.000000199. The van der Waals surface area contributed by atoms with Gasteiger partial charge in [-0.15, -0.1) is 0 Å². The normalized spacial score (nSPS) is 12.3. The van der Waals surface area contributed by atoms with E-state index in [1.807, 2.05) is 9.80 Å². The van der Waals surface area contributed by atoms with Gasteiger partial charge in [0.15, 0.2) is 0 Å². The minimum atomic E-state index is -0.539. The van der Waals surface area contributed by atoms with Crippen molar-refractivity contribution < 1.29 is 28.7 Å². The highest BCUT2D eigenvalue weighted by Crippen LogP contribution is 2.35. The molecule has 2 fully saturated rings. The molecule has 0 unspecified atom stereocenters. The van der Waals surface area contributed by atoms with Crippen LogP contribution in [0.2, 0.25) is 20.1 Å². The van der Waals surface area contributed by atoms with Crippen molar-refractivity contribution in [2.24, 2.45) is 0 Å². The zero-order valence-electron chi connectivity index (χ0n) is 35.7. The highest BCUT2D eigenvalue weighted by molar-refractivity contribution is 6.32. The van der Waals surface area contributed by atoms with E-state index >= 15 is 0 Å². The number of nitrogens with zero attached hydrogens (tertiary/aromatic N) is 4. The second-order valence-electron chi connectivity index (χ2n) is 14.8. The van der Waals surface area contributed by atoms with Crippen molar-refractivity contribution in [2.45, 2.75) is 6.42 Å². The lowest BCUT2D eigenvalue weighted by Gasteiger charge is -2.33. The molecule has 0 bridgehead atoms. The molecule has 2 saturated heterocycles. The Kier molecular flexibility index (Phi) is 15.2. The van der Waals surface area contributed by atoms with E-state index in [1.54, 1.807) is 72.8 Å². The number of pyridine rings is 2. The Morgan fingerprint density at radius 2 is 0.866 bits per heavy atom. The summed E-state index contributed by atoms with van der Waals surface area (Å²) in [6.07, 6.45) is 3.89. The van der Waals surface area contributed by atoms with Gasteiger partial charge in [-0.05, 0) is 67.1 Å². The van der Waals surface area contributed by atoms with Crippen LogP contribution in [0.15, 0.2) is 109 Å². The van der Waals surface area contributed by atoms with Gasteiger partial charge in [-0.25, -0.2) is 9.97 Å². The summed E-state index contributed by atoms with van der Waals surface area (Å²) in [6.45, 7) is 3.48. The Morgan fingerprint density at radius 1 is 0.493 bits per heavy atom. The number of anilines is 4. The molecule has 4 amide bonds. The molecule has 0 spiro atoms. The van der Waals surface area contributed by atoms with Crippen molar-refractivity contribution in [3.05, 3.63) is 163 Å². The molecule has 16 nitrogen and oxygen atoms in total. The number of aromatic nitrogens is 2. The number of amides is 4. The number of methoxy groups -OCH3 is 2. The van der Waals surface area contributed by atoms with E-state index in [2.05, 4.69) is 31.2 Å². The Bertz CT molecular complexity index is 2860. The lowest BCUT2D eigenvalue weighted by atomic mass is 10.1. The van der Waals surface area contributed by atoms with Crippen LogP contribution < -0.4 is 30.7 Å². The Morgan fingerprint density at radius 3 is 1.18 bits per heavy atom. The van der Waals surface area contributed by atoms with Crippen LogP contribution >= 0.6 is 46.4 Å². The van der Waals surface area contributed by atoms with Crippen LogP contribution in [0.5, 0.6) is 11.5 Å². The summed E-state index contributed by atoms with van der Waals surface area (Å²) < 4.78 is 10.7. The van der Waals surface area contributed by atoms with Crippen molar-refractivity contribution >= 4 is 105 Å². The topological polar surface area (TPSA) is 215 Å². The molecule has 0 aliphatic carbocycles. The molecular formula is C47H40Cl4N10O6. The summed E-state index contributed by atoms with van der Waals surface area (Å²) in [4.78, 5) is 63.9. The smallest absolute Gasteiger partial charge is 0.259 e. The number of amidine groups is 2. The second-order valence-corrected chi connectivity index (χ2v) is 16.5. The molecule has 6 N–H and O–H groups in total. The molecule has 0 saturated carbocycles. The highest BCUT2D eigenvalue weighted by atomic mass is 35.5. The van der Waals surface area contributed by atoms with Crippen LogP contribution in [0.4, 0.5) is 23.0 Å². The molecule has 20 heteroatoms. The fraction of sp³-hybridized carbons (Fsp3) is 0.149. The minimum absolute atomic E-state index is 0.101. The molecule has 6 aromatic rings. The van der Waals surface area contributed by atoms with Gasteiger partial charge in [0.05, 0.1) is 46.8 Å². The number of rotatable bonds is 12. The van der Waals surface area contributed by atoms with Crippen LogP contribution in [0.25, 0.3) is 0 Å². The number of likely N-dealkylation sites (tertiary alicyclic amines) is 1. The van der Waals surface area contributed by atoms with E-state index in [1.165, 1.54) is 50.9 Å². The van der Waals surface area contributed by atoms with E-state index in [0.29, 0.717) is 32.8 Å². The molecule has 342 valence electrons. The summed E-state index contributed by atoms with van der Waals surface area (Å²) in [6, 6.07) is 25.6. The summed E-state index contributed by atoms with van der Waals surface area (Å²) in [5.41, 5.74) is 2.72. The first-order chi connectivity index (χ1) is 32.2. The van der Waals surface area contributed by atoms with Crippen molar-refractivity contribution in [3.8, 4) is 11.5 Å². The molecule has 0 radical (unpaired) electrons. The summed E-state index contributed by atoms with van der Waals surface area (Å²) in [7, 11) is 2.83. The Labute approximate surface area is 404 Å². The molecule has 2 aliphatic rings. The van der Waals surface area contributed by atoms with Crippen molar-refractivity contribution in [2.75, 3.05) is 61.7 Å². The number of benzene rings is 4. The van der Waals surface area contributed by atoms with Gasteiger partial charge in [0.1, 0.15) is 34.8 Å². The zero-order chi connectivity index (χ0) is 47.8. The van der Waals surface area contributed by atoms with Gasteiger partial charge < -0.3 is 40.5 Å². The Hall–Kier alpha value is -7.24. The van der Waals surface area contributed by atoms with Crippen LogP contribution in [0.1, 0.15) is 59.0 Å². The number of carbonyl (C=O) groups excluding carboxylic acids is 4. The number of hydrogen-bond acceptors (Lipinski definition) is 10. The fourth-order valence-corrected chi connectivity index (χ4v) is 7.12. The fourth-order valence-electron chi connectivity index (χ4n) is 6.48. The number of ether oxygens (including phenoxy) is 2. The SMILES string of the molecule is COc1cc(Cl)cc(C(=O)Nc2ccc(Cl)cn2)c1NC(=O)c1ccc(C(=N)N2CC2)cc1.COc1cc(Cl)cc(C(=O)Nc2ccc(Cl)cn2)c1NC(=O)c1ccc(C(=N)N2CCC2)cc1. The molecule has 8 rings (SSSR count). The van der Waals surface area contributed by atoms with Gasteiger partial charge in [-0.1, -0.05) is 70.7 Å². The molecule has 2 aliphatic heterocycles. The van der Waals surface area contributed by atoms with Gasteiger partial charge in [0.2, 0.25) is 0 Å². The highest BCUT2D eigenvalue weighted by Gasteiger charge is 2.25. The first-order valence-electron chi connectivity index (χ1n) is 20.3. The second kappa shape index (κ2) is 21.4. The lowest BCUT2D eigenvalue weighted by molar-refractivity contribution is 0.101. The number of nitrogens with one attached hydrogen (secondary N) is 6. The molecule has 0 atom stereocenters. The molecule has 4 heterocycles. The third-order valence-electron chi connectivity index (χ3n) is 10.3. The third kappa shape index (κ3) is 12.0. The maximum atomic E-state index is 13.0. The summed E-state index contributed by atoms with van der Waals surface area (Å²) >= 11 is 24.0. The van der Waals surface area contributed by atoms with Crippen molar-refractivity contribution in [3.63, 3.8) is 0 Å². The quantitative estimate of drug-likeness (QED) is 0.0388. The molecule has 67 heavy (non-hydrogen) atoms. The van der Waals surface area contributed by atoms with Crippen LogP contribution in [0, 0.1) is 10.8 Å². The van der Waals surface area contributed by atoms with Crippen LogP contribution in [0.3, 0.4) is 0 Å². The van der Waals surface area contributed by atoms with Crippen LogP contribution in [-0.4, -0.2) is 95.5 Å². The average molecular weight is 983 g/mol. The third-order valence-corrected chi connectivity index (χ3v) is 11.1. The number of carbonyl (C=O) groups is 4. The van der Waals surface area contributed by atoms with E-state index in [4.69, 9.17) is 66.7 Å². The number of hydrogen-bond donors (Lipinski definition) is 6. The molecule has 2 aromatic heterocycles. The monoisotopic (exact) mass is 980 g/mol. The van der Waals surface area contributed by atoms with Gasteiger partial charge in [-0.2, -0.15) is 0 Å². The predicted octanol–water partition coefficient (Wildman–Crippen LogP) is 9.48. The van der Waals surface area contributed by atoms with Gasteiger partial charge in [0.25, 0.3) is 23.6 Å².